The number of rotatable bonds is 15. The molecule has 0 radical (unpaired) electrons. The summed E-state index contributed by atoms with van der Waals surface area (Å²) in [6, 6.07) is 10.6. The molecule has 0 fully saturated rings. The molecule has 1 aliphatic rings. The molecule has 3 amide bonds. The minimum absolute atomic E-state index is 0.0642. The van der Waals surface area contributed by atoms with E-state index in [1.165, 1.54) is 31.4 Å². The van der Waals surface area contributed by atoms with Crippen molar-refractivity contribution in [3.8, 4) is 5.75 Å². The molecule has 0 aliphatic heterocycles. The van der Waals surface area contributed by atoms with Crippen LogP contribution in [0.15, 0.2) is 71.8 Å². The lowest BCUT2D eigenvalue weighted by Gasteiger charge is -2.37. The van der Waals surface area contributed by atoms with Gasteiger partial charge in [0.25, 0.3) is 0 Å². The molecule has 0 aromatic heterocycles. The number of nitrogens with two attached hydrogens (primary N) is 2. The topological polar surface area (TPSA) is 148 Å². The van der Waals surface area contributed by atoms with E-state index in [4.69, 9.17) is 16.2 Å². The second-order valence-electron chi connectivity index (χ2n) is 11.6. The van der Waals surface area contributed by atoms with Crippen LogP contribution in [-0.4, -0.2) is 60.1 Å². The molecule has 0 saturated carbocycles. The Hall–Kier alpha value is -4.16. The second kappa shape index (κ2) is 15.9. The van der Waals surface area contributed by atoms with Crippen molar-refractivity contribution in [1.82, 2.24) is 10.2 Å². The number of carbonyl (C=O) groups excluding carboxylic acids is 3. The molecular formula is C34H43F3N4O5. The molecule has 2 aromatic rings. The summed E-state index contributed by atoms with van der Waals surface area (Å²) in [6.07, 6.45) is -2.48. The number of aliphatic hydroxyl groups is 1. The normalized spacial score (nSPS) is 17.7. The Kier molecular flexibility index (Phi) is 12.6. The Morgan fingerprint density at radius 1 is 1.07 bits per heavy atom. The minimum atomic E-state index is -4.56. The Balaban J connectivity index is 1.98. The van der Waals surface area contributed by atoms with Crippen molar-refractivity contribution in [1.29, 1.82) is 0 Å². The van der Waals surface area contributed by atoms with E-state index in [1.807, 2.05) is 13.8 Å². The van der Waals surface area contributed by atoms with E-state index in [1.54, 1.807) is 29.2 Å². The maximum atomic E-state index is 14.1. The van der Waals surface area contributed by atoms with E-state index in [0.29, 0.717) is 37.2 Å². The predicted molar refractivity (Wildman–Crippen MR) is 168 cm³/mol. The smallest absolute Gasteiger partial charge is 0.416 e. The number of halogens is 3. The van der Waals surface area contributed by atoms with Crippen molar-refractivity contribution in [3.63, 3.8) is 0 Å². The minimum Gasteiger partial charge on any atom is -0.497 e. The second-order valence-corrected chi connectivity index (χ2v) is 11.6. The highest BCUT2D eigenvalue weighted by Gasteiger charge is 2.44. The molecule has 3 rings (SSSR count). The van der Waals surface area contributed by atoms with Gasteiger partial charge >= 0.3 is 6.18 Å². The van der Waals surface area contributed by atoms with E-state index in [-0.39, 0.29) is 48.4 Å². The number of hydrogen-bond donors (Lipinski definition) is 4. The number of primary amides is 1. The van der Waals surface area contributed by atoms with Gasteiger partial charge in [-0.25, -0.2) is 0 Å². The van der Waals surface area contributed by atoms with Crippen molar-refractivity contribution >= 4 is 17.7 Å². The Bertz CT molecular complexity index is 1450. The van der Waals surface area contributed by atoms with Gasteiger partial charge in [-0.3, -0.25) is 14.4 Å². The first kappa shape index (κ1) is 36.3. The zero-order valence-corrected chi connectivity index (χ0v) is 26.4. The van der Waals surface area contributed by atoms with Crippen LogP contribution in [-0.2, 0) is 33.5 Å². The third-order valence-corrected chi connectivity index (χ3v) is 7.93. The van der Waals surface area contributed by atoms with E-state index >= 15 is 0 Å². The highest BCUT2D eigenvalue weighted by atomic mass is 19.4. The number of carbonyl (C=O) groups is 3. The maximum Gasteiger partial charge on any atom is 0.416 e. The largest absolute Gasteiger partial charge is 0.497 e. The number of amides is 3. The van der Waals surface area contributed by atoms with Crippen LogP contribution in [0, 0.1) is 5.41 Å². The van der Waals surface area contributed by atoms with Crippen LogP contribution in [0.4, 0.5) is 13.2 Å². The van der Waals surface area contributed by atoms with Crippen molar-refractivity contribution < 1.29 is 37.4 Å². The van der Waals surface area contributed by atoms with Crippen LogP contribution in [0.1, 0.15) is 56.2 Å². The van der Waals surface area contributed by atoms with Crippen LogP contribution in [0.3, 0.4) is 0 Å². The molecule has 250 valence electrons. The first-order valence-corrected chi connectivity index (χ1v) is 15.3. The molecule has 0 saturated heterocycles. The molecule has 1 aliphatic carbocycles. The number of benzene rings is 2. The molecule has 12 heteroatoms. The Morgan fingerprint density at radius 2 is 1.72 bits per heavy atom. The number of nitrogens with one attached hydrogen (secondary N) is 1. The summed E-state index contributed by atoms with van der Waals surface area (Å²) < 4.78 is 45.1. The lowest BCUT2D eigenvalue weighted by Crippen LogP contribution is -2.48. The lowest BCUT2D eigenvalue weighted by molar-refractivity contribution is -0.137. The molecule has 9 nitrogen and oxygen atoms in total. The van der Waals surface area contributed by atoms with Gasteiger partial charge in [0.15, 0.2) is 0 Å². The van der Waals surface area contributed by atoms with Gasteiger partial charge in [0, 0.05) is 36.8 Å². The van der Waals surface area contributed by atoms with Crippen LogP contribution in [0.2, 0.25) is 0 Å². The van der Waals surface area contributed by atoms with Crippen molar-refractivity contribution in [3.05, 3.63) is 88.5 Å². The zero-order chi connectivity index (χ0) is 34.1. The van der Waals surface area contributed by atoms with Crippen LogP contribution in [0.25, 0.3) is 0 Å². The third-order valence-electron chi connectivity index (χ3n) is 7.93. The highest BCUT2D eigenvalue weighted by Crippen LogP contribution is 2.40. The lowest BCUT2D eigenvalue weighted by atomic mass is 9.70. The fraction of sp³-hybridized carbons (Fsp3) is 0.441. The molecule has 46 heavy (non-hydrogen) atoms. The van der Waals surface area contributed by atoms with Crippen LogP contribution >= 0.6 is 0 Å². The fourth-order valence-corrected chi connectivity index (χ4v) is 5.62. The Morgan fingerprint density at radius 3 is 2.33 bits per heavy atom. The van der Waals surface area contributed by atoms with Crippen LogP contribution < -0.4 is 21.5 Å². The monoisotopic (exact) mass is 644 g/mol. The molecule has 1 unspecified atom stereocenters. The predicted octanol–water partition coefficient (Wildman–Crippen LogP) is 4.03. The summed E-state index contributed by atoms with van der Waals surface area (Å²) in [5, 5.41) is 14.2. The number of aliphatic hydroxyl groups excluding tert-OH is 1. The standard InChI is InChI=1S/C34H43F3N4O5/c1-4-12-41(13-5-2)31(44)25-17-24(30(39)43)18-33(19-25,32(45)40-21-23-9-7-11-27(15-23)46-3)20-29(42)28(38)16-22-8-6-10-26(14-22)34(35,36)37/h6-11,14-15,17-18,28-29,42H,4-5,12-13,16,19-21,38H2,1-3H3,(H2,39,43)(H,40,45)/t28-,29+,33?/m0/s1. The van der Waals surface area contributed by atoms with Crippen molar-refractivity contribution in [2.75, 3.05) is 20.2 Å². The summed E-state index contributed by atoms with van der Waals surface area (Å²) >= 11 is 0. The average molecular weight is 645 g/mol. The summed E-state index contributed by atoms with van der Waals surface area (Å²) in [6.45, 7) is 4.84. The molecule has 0 bridgehead atoms. The van der Waals surface area contributed by atoms with Crippen molar-refractivity contribution in [2.24, 2.45) is 16.9 Å². The molecular weight excluding hydrogens is 601 g/mol. The van der Waals surface area contributed by atoms with Gasteiger partial charge in [-0.15, -0.1) is 0 Å². The molecule has 0 heterocycles. The summed E-state index contributed by atoms with van der Waals surface area (Å²) in [7, 11) is 1.51. The number of nitrogens with zero attached hydrogens (tertiary/aromatic N) is 1. The van der Waals surface area contributed by atoms with E-state index in [0.717, 1.165) is 12.1 Å². The molecule has 2 aromatic carbocycles. The third kappa shape index (κ3) is 9.43. The van der Waals surface area contributed by atoms with Crippen LogP contribution in [0.5, 0.6) is 5.75 Å². The summed E-state index contributed by atoms with van der Waals surface area (Å²) in [5.74, 6) is -1.23. The van der Waals surface area contributed by atoms with Gasteiger partial charge in [-0.2, -0.15) is 13.2 Å². The SMILES string of the molecule is CCCN(CCC)C(=O)C1=CC(C(N)=O)=CC(C[C@@H](O)[C@@H](N)Cc2cccc(C(F)(F)F)c2)(C(=O)NCc2cccc(OC)c2)C1. The van der Waals surface area contributed by atoms with Gasteiger partial charge < -0.3 is 31.5 Å². The number of hydrogen-bond acceptors (Lipinski definition) is 6. The fourth-order valence-electron chi connectivity index (χ4n) is 5.62. The number of ether oxygens (including phenoxy) is 1. The molecule has 3 atom stereocenters. The number of methoxy groups -OCH3 is 1. The first-order chi connectivity index (χ1) is 21.7. The highest BCUT2D eigenvalue weighted by molar-refractivity contribution is 6.03. The summed E-state index contributed by atoms with van der Waals surface area (Å²) in [4.78, 5) is 42.0. The summed E-state index contributed by atoms with van der Waals surface area (Å²) in [5.41, 5.74) is 10.6. The van der Waals surface area contributed by atoms with Gasteiger partial charge in [0.1, 0.15) is 5.75 Å². The molecule has 6 N–H and O–H groups in total. The quantitative estimate of drug-likeness (QED) is 0.230. The first-order valence-electron chi connectivity index (χ1n) is 15.3. The van der Waals surface area contributed by atoms with E-state index < -0.39 is 41.1 Å². The van der Waals surface area contributed by atoms with E-state index in [9.17, 15) is 32.7 Å². The maximum absolute atomic E-state index is 14.1. The average Bonchev–Trinajstić information content (AvgIpc) is 3.02. The van der Waals surface area contributed by atoms with Gasteiger partial charge in [0.05, 0.1) is 24.2 Å². The Labute approximate surface area is 267 Å². The molecule has 0 spiro atoms. The number of alkyl halides is 3. The van der Waals surface area contributed by atoms with Gasteiger partial charge in [-0.1, -0.05) is 50.3 Å². The van der Waals surface area contributed by atoms with E-state index in [2.05, 4.69) is 5.32 Å². The zero-order valence-electron chi connectivity index (χ0n) is 26.4. The van der Waals surface area contributed by atoms with Gasteiger partial charge in [-0.05, 0) is 67.5 Å². The van der Waals surface area contributed by atoms with Gasteiger partial charge in [0.2, 0.25) is 17.7 Å². The van der Waals surface area contributed by atoms with Crippen molar-refractivity contribution in [2.45, 2.75) is 70.8 Å².